The summed E-state index contributed by atoms with van der Waals surface area (Å²) in [5.74, 6) is 3.10. The van der Waals surface area contributed by atoms with Gasteiger partial charge in [0.1, 0.15) is 8.07 Å². The largest absolute Gasteiger partial charge is 0.382 e. The van der Waals surface area contributed by atoms with Gasteiger partial charge in [-0.3, -0.25) is 4.79 Å². The Hall–Kier alpha value is -0.963. The van der Waals surface area contributed by atoms with Crippen LogP contribution in [0.5, 0.6) is 0 Å². The molecule has 1 aromatic rings. The summed E-state index contributed by atoms with van der Waals surface area (Å²) in [6.45, 7) is 12.1. The fourth-order valence-corrected chi connectivity index (χ4v) is 3.43. The highest BCUT2D eigenvalue weighted by molar-refractivity contribution is 14.1. The van der Waals surface area contributed by atoms with E-state index < -0.39 is 8.07 Å². The molecule has 0 unspecified atom stereocenters. The summed E-state index contributed by atoms with van der Waals surface area (Å²) >= 11 is 2.22. The van der Waals surface area contributed by atoms with E-state index in [1.165, 1.54) is 0 Å². The highest BCUT2D eigenvalue weighted by atomic mass is 127. The van der Waals surface area contributed by atoms with Gasteiger partial charge < -0.3 is 24.3 Å². The molecule has 0 saturated heterocycles. The molecule has 168 valence electrons. The predicted molar refractivity (Wildman–Crippen MR) is 131 cm³/mol. The van der Waals surface area contributed by atoms with Gasteiger partial charge in [0.15, 0.2) is 0 Å². The first kappa shape index (κ1) is 27.1. The predicted octanol–water partition coefficient (Wildman–Crippen LogP) is 3.33. The monoisotopic (exact) mass is 547 g/mol. The first-order valence-electron chi connectivity index (χ1n) is 10.1. The molecule has 1 aromatic carbocycles. The SMILES string of the molecule is COCCOCCOCCOC[C@H](C)NC(=O)c1cc(I)cc(C#C[Si](C)(C)C)c1. The number of amides is 1. The van der Waals surface area contributed by atoms with Gasteiger partial charge in [-0.25, -0.2) is 0 Å². The zero-order chi connectivity index (χ0) is 22.4. The van der Waals surface area contributed by atoms with E-state index in [2.05, 4.69) is 59.0 Å². The number of ether oxygens (including phenoxy) is 4. The Labute approximate surface area is 195 Å². The third kappa shape index (κ3) is 13.4. The number of carbonyl (C=O) groups is 1. The standard InChI is InChI=1S/C22H34INO5Si/c1-18(17-29-12-11-28-10-9-27-8-7-26-2)24-22(25)20-14-19(15-21(23)16-20)6-13-30(3,4)5/h14-16,18H,7-12,17H2,1-5H3,(H,24,25)/t18-/m0/s1. The molecule has 30 heavy (non-hydrogen) atoms. The second-order valence-corrected chi connectivity index (χ2v) is 13.9. The Bertz CT molecular complexity index is 712. The van der Waals surface area contributed by atoms with Crippen LogP contribution in [0.2, 0.25) is 19.6 Å². The van der Waals surface area contributed by atoms with Crippen molar-refractivity contribution in [1.82, 2.24) is 5.32 Å². The van der Waals surface area contributed by atoms with Crippen molar-refractivity contribution in [3.8, 4) is 11.5 Å². The van der Waals surface area contributed by atoms with Gasteiger partial charge in [-0.15, -0.1) is 5.54 Å². The molecular formula is C22H34INO5Si. The minimum Gasteiger partial charge on any atom is -0.382 e. The van der Waals surface area contributed by atoms with Gasteiger partial charge in [0.05, 0.1) is 46.2 Å². The summed E-state index contributed by atoms with van der Waals surface area (Å²) in [6, 6.07) is 5.61. The highest BCUT2D eigenvalue weighted by Gasteiger charge is 2.12. The van der Waals surface area contributed by atoms with E-state index in [1.54, 1.807) is 7.11 Å². The molecule has 1 amide bonds. The Balaban J connectivity index is 2.34. The summed E-state index contributed by atoms with van der Waals surface area (Å²) in [5.41, 5.74) is 4.84. The van der Waals surface area contributed by atoms with Gasteiger partial charge in [-0.05, 0) is 47.7 Å². The lowest BCUT2D eigenvalue weighted by atomic mass is 10.1. The van der Waals surface area contributed by atoms with Gasteiger partial charge in [0, 0.05) is 27.8 Å². The topological polar surface area (TPSA) is 66.0 Å². The molecule has 1 atom stereocenters. The van der Waals surface area contributed by atoms with E-state index in [-0.39, 0.29) is 11.9 Å². The molecule has 6 nitrogen and oxygen atoms in total. The Morgan fingerprint density at radius 3 is 2.23 bits per heavy atom. The number of hydrogen-bond acceptors (Lipinski definition) is 5. The lowest BCUT2D eigenvalue weighted by molar-refractivity contribution is 0.00150. The van der Waals surface area contributed by atoms with Gasteiger partial charge in [0.25, 0.3) is 5.91 Å². The van der Waals surface area contributed by atoms with Crippen molar-refractivity contribution >= 4 is 36.6 Å². The zero-order valence-corrected chi connectivity index (χ0v) is 21.8. The Kier molecular flexibility index (Phi) is 13.5. The first-order valence-corrected chi connectivity index (χ1v) is 14.7. The molecule has 0 aliphatic heterocycles. The van der Waals surface area contributed by atoms with Gasteiger partial charge in [-0.2, -0.15) is 0 Å². The fourth-order valence-electron chi connectivity index (χ4n) is 2.24. The zero-order valence-electron chi connectivity index (χ0n) is 18.7. The number of halogens is 1. The minimum absolute atomic E-state index is 0.107. The molecule has 1 N–H and O–H groups in total. The van der Waals surface area contributed by atoms with Crippen LogP contribution in [0.1, 0.15) is 22.8 Å². The van der Waals surface area contributed by atoms with Gasteiger partial charge >= 0.3 is 0 Å². The molecule has 0 saturated carbocycles. The third-order valence-corrected chi connectivity index (χ3v) is 5.16. The van der Waals surface area contributed by atoms with Crippen LogP contribution in [-0.2, 0) is 18.9 Å². The van der Waals surface area contributed by atoms with Gasteiger partial charge in [0.2, 0.25) is 0 Å². The molecule has 8 heteroatoms. The summed E-state index contributed by atoms with van der Waals surface area (Å²) in [7, 11) is 0.175. The van der Waals surface area contributed by atoms with Crippen molar-refractivity contribution in [2.75, 3.05) is 53.4 Å². The average Bonchev–Trinajstić information content (AvgIpc) is 2.67. The van der Waals surface area contributed by atoms with Crippen molar-refractivity contribution < 1.29 is 23.7 Å². The van der Waals surface area contributed by atoms with Crippen LogP contribution >= 0.6 is 22.6 Å². The van der Waals surface area contributed by atoms with Crippen LogP contribution in [0.4, 0.5) is 0 Å². The summed E-state index contributed by atoms with van der Waals surface area (Å²) < 4.78 is 22.2. The number of carbonyl (C=O) groups excluding carboxylic acids is 1. The molecule has 0 bridgehead atoms. The maximum atomic E-state index is 12.6. The average molecular weight is 548 g/mol. The molecule has 1 rings (SSSR count). The smallest absolute Gasteiger partial charge is 0.251 e. The molecule has 0 aliphatic carbocycles. The van der Waals surface area contributed by atoms with Crippen LogP contribution in [0, 0.1) is 15.0 Å². The van der Waals surface area contributed by atoms with Crippen molar-refractivity contribution in [3.63, 3.8) is 0 Å². The fraction of sp³-hybridized carbons (Fsp3) is 0.591. The molecule has 0 aromatic heterocycles. The van der Waals surface area contributed by atoms with Crippen LogP contribution in [0.3, 0.4) is 0 Å². The van der Waals surface area contributed by atoms with E-state index in [4.69, 9.17) is 18.9 Å². The molecule has 0 fully saturated rings. The van der Waals surface area contributed by atoms with Crippen LogP contribution < -0.4 is 5.32 Å². The minimum atomic E-state index is -1.47. The first-order chi connectivity index (χ1) is 14.2. The third-order valence-electron chi connectivity index (χ3n) is 3.66. The summed E-state index contributed by atoms with van der Waals surface area (Å²) in [6.07, 6.45) is 0. The summed E-state index contributed by atoms with van der Waals surface area (Å²) in [4.78, 5) is 12.6. The second-order valence-electron chi connectivity index (χ2n) is 7.90. The molecule has 0 heterocycles. The maximum absolute atomic E-state index is 12.6. The quantitative estimate of drug-likeness (QED) is 0.178. The number of rotatable bonds is 13. The van der Waals surface area contributed by atoms with Crippen LogP contribution in [-0.4, -0.2) is 73.4 Å². The van der Waals surface area contributed by atoms with Crippen molar-refractivity contribution in [1.29, 1.82) is 0 Å². The molecular weight excluding hydrogens is 513 g/mol. The van der Waals surface area contributed by atoms with E-state index in [1.807, 2.05) is 25.1 Å². The number of nitrogens with one attached hydrogen (secondary N) is 1. The van der Waals surface area contributed by atoms with Gasteiger partial charge in [-0.1, -0.05) is 25.6 Å². The molecule has 0 radical (unpaired) electrons. The Morgan fingerprint density at radius 2 is 1.63 bits per heavy atom. The van der Waals surface area contributed by atoms with E-state index in [9.17, 15) is 4.79 Å². The maximum Gasteiger partial charge on any atom is 0.251 e. The van der Waals surface area contributed by atoms with E-state index in [0.29, 0.717) is 51.8 Å². The Morgan fingerprint density at radius 1 is 1.03 bits per heavy atom. The van der Waals surface area contributed by atoms with Crippen LogP contribution in [0.15, 0.2) is 18.2 Å². The van der Waals surface area contributed by atoms with Crippen molar-refractivity contribution in [3.05, 3.63) is 32.9 Å². The normalized spacial score (nSPS) is 12.2. The van der Waals surface area contributed by atoms with E-state index >= 15 is 0 Å². The number of hydrogen-bond donors (Lipinski definition) is 1. The number of methoxy groups -OCH3 is 1. The summed E-state index contributed by atoms with van der Waals surface area (Å²) in [5, 5.41) is 2.97. The number of benzene rings is 1. The highest BCUT2D eigenvalue weighted by Crippen LogP contribution is 2.13. The second kappa shape index (κ2) is 14.9. The molecule has 0 spiro atoms. The molecule has 0 aliphatic rings. The lowest BCUT2D eigenvalue weighted by Gasteiger charge is -2.15. The van der Waals surface area contributed by atoms with Crippen molar-refractivity contribution in [2.24, 2.45) is 0 Å². The van der Waals surface area contributed by atoms with Crippen LogP contribution in [0.25, 0.3) is 0 Å². The lowest BCUT2D eigenvalue weighted by Crippen LogP contribution is -2.36. The van der Waals surface area contributed by atoms with E-state index in [0.717, 1.165) is 9.13 Å². The van der Waals surface area contributed by atoms with Crippen molar-refractivity contribution in [2.45, 2.75) is 32.6 Å².